The zero-order valence-corrected chi connectivity index (χ0v) is 21.6. The number of benzene rings is 2. The van der Waals surface area contributed by atoms with Crippen molar-refractivity contribution >= 4 is 50.5 Å². The number of ether oxygens (including phenoxy) is 1. The Bertz CT molecular complexity index is 1660. The number of amides is 2. The number of carbonyl (C=O) groups excluding carboxylic acids is 3. The summed E-state index contributed by atoms with van der Waals surface area (Å²) in [5.41, 5.74) is 1.54. The van der Waals surface area contributed by atoms with Crippen LogP contribution in [0.15, 0.2) is 72.3 Å². The molecule has 10 heteroatoms. The Hall–Kier alpha value is -4.57. The Morgan fingerprint density at radius 1 is 1.21 bits per heavy atom. The first-order valence-electron chi connectivity index (χ1n) is 11.9. The molecule has 2 amide bonds. The molecule has 0 fully saturated rings. The Morgan fingerprint density at radius 3 is 2.71 bits per heavy atom. The first-order chi connectivity index (χ1) is 18.3. The van der Waals surface area contributed by atoms with Crippen molar-refractivity contribution in [2.75, 3.05) is 23.4 Å². The SMILES string of the molecule is C=CCN1C(=O)COc2ccc(C(=O)C(C)n3cnc4sc(C(=O)Nc5ccccc5)c(C)c4c3=O)cc21. The van der Waals surface area contributed by atoms with Crippen molar-refractivity contribution in [1.29, 1.82) is 0 Å². The number of aryl methyl sites for hydroxylation is 1. The van der Waals surface area contributed by atoms with Gasteiger partial charge in [-0.05, 0) is 49.7 Å². The van der Waals surface area contributed by atoms with E-state index in [1.54, 1.807) is 50.3 Å². The molecule has 1 N–H and O–H groups in total. The summed E-state index contributed by atoms with van der Waals surface area (Å²) < 4.78 is 6.77. The van der Waals surface area contributed by atoms with Crippen LogP contribution in [0, 0.1) is 6.92 Å². The van der Waals surface area contributed by atoms with Crippen molar-refractivity contribution < 1.29 is 19.1 Å². The van der Waals surface area contributed by atoms with E-state index >= 15 is 0 Å². The Kier molecular flexibility index (Phi) is 6.64. The minimum absolute atomic E-state index is 0.0863. The van der Waals surface area contributed by atoms with Crippen molar-refractivity contribution in [3.63, 3.8) is 0 Å². The molecule has 1 aliphatic heterocycles. The van der Waals surface area contributed by atoms with Crippen LogP contribution in [0.25, 0.3) is 10.2 Å². The lowest BCUT2D eigenvalue weighted by Gasteiger charge is -2.29. The van der Waals surface area contributed by atoms with Crippen molar-refractivity contribution in [2.45, 2.75) is 19.9 Å². The van der Waals surface area contributed by atoms with Crippen LogP contribution in [-0.4, -0.2) is 40.3 Å². The Balaban J connectivity index is 1.47. The second kappa shape index (κ2) is 10.1. The number of anilines is 2. The first-order valence-corrected chi connectivity index (χ1v) is 12.7. The highest BCUT2D eigenvalue weighted by Crippen LogP contribution is 2.34. The van der Waals surface area contributed by atoms with Crippen LogP contribution in [0.5, 0.6) is 5.75 Å². The molecule has 0 spiro atoms. The largest absolute Gasteiger partial charge is 0.482 e. The van der Waals surface area contributed by atoms with E-state index in [-0.39, 0.29) is 30.7 Å². The minimum Gasteiger partial charge on any atom is -0.482 e. The number of thiophene rings is 1. The van der Waals surface area contributed by atoms with Gasteiger partial charge in [-0.2, -0.15) is 0 Å². The third-order valence-electron chi connectivity index (χ3n) is 6.41. The fraction of sp³-hybridized carbons (Fsp3) is 0.179. The summed E-state index contributed by atoms with van der Waals surface area (Å²) in [5, 5.41) is 3.14. The molecule has 9 nitrogen and oxygen atoms in total. The minimum atomic E-state index is -0.883. The van der Waals surface area contributed by atoms with Gasteiger partial charge in [0.25, 0.3) is 17.4 Å². The molecule has 1 atom stereocenters. The molecule has 4 aromatic rings. The fourth-order valence-corrected chi connectivity index (χ4v) is 5.43. The third kappa shape index (κ3) is 4.39. The highest BCUT2D eigenvalue weighted by molar-refractivity contribution is 7.20. The normalized spacial score (nSPS) is 13.5. The van der Waals surface area contributed by atoms with Crippen molar-refractivity contribution in [1.82, 2.24) is 9.55 Å². The van der Waals surface area contributed by atoms with Crippen molar-refractivity contribution in [3.05, 3.63) is 93.9 Å². The zero-order chi connectivity index (χ0) is 27.0. The molecule has 0 aliphatic carbocycles. The molecule has 0 radical (unpaired) electrons. The van der Waals surface area contributed by atoms with E-state index in [1.807, 2.05) is 18.2 Å². The number of aromatic nitrogens is 2. The highest BCUT2D eigenvalue weighted by Gasteiger charge is 2.28. The van der Waals surface area contributed by atoms with Crippen LogP contribution in [0.3, 0.4) is 0 Å². The lowest BCUT2D eigenvalue weighted by Crippen LogP contribution is -2.39. The number of carbonyl (C=O) groups is 3. The smallest absolute Gasteiger partial charge is 0.266 e. The molecule has 1 aliphatic rings. The van der Waals surface area contributed by atoms with E-state index < -0.39 is 11.6 Å². The number of rotatable bonds is 7. The van der Waals surface area contributed by atoms with Crippen LogP contribution in [0.2, 0.25) is 0 Å². The van der Waals surface area contributed by atoms with Crippen LogP contribution in [0.4, 0.5) is 11.4 Å². The number of hydrogen-bond acceptors (Lipinski definition) is 7. The maximum Gasteiger partial charge on any atom is 0.266 e. The predicted octanol–water partition coefficient (Wildman–Crippen LogP) is 4.37. The standard InChI is InChI=1S/C28H24N4O5S/c1-4-12-31-20-13-18(10-11-21(20)37-14-22(31)33)24(34)17(3)32-15-29-27-23(28(32)36)16(2)25(38-27)26(35)30-19-8-6-5-7-9-19/h4-11,13,15,17H,1,12,14H2,2-3H3,(H,30,35). The van der Waals surface area contributed by atoms with E-state index in [0.29, 0.717) is 43.3 Å². The van der Waals surface area contributed by atoms with Gasteiger partial charge < -0.3 is 15.0 Å². The van der Waals surface area contributed by atoms with E-state index in [0.717, 1.165) is 11.3 Å². The lowest BCUT2D eigenvalue weighted by atomic mass is 10.0. The summed E-state index contributed by atoms with van der Waals surface area (Å²) >= 11 is 1.13. The van der Waals surface area contributed by atoms with Gasteiger partial charge in [0.1, 0.15) is 10.6 Å². The Morgan fingerprint density at radius 2 is 1.97 bits per heavy atom. The number of nitrogens with one attached hydrogen (secondary N) is 1. The molecule has 1 unspecified atom stereocenters. The van der Waals surface area contributed by atoms with Crippen molar-refractivity contribution in [2.24, 2.45) is 0 Å². The first kappa shape index (κ1) is 25.1. The van der Waals surface area contributed by atoms with E-state index in [2.05, 4.69) is 16.9 Å². The van der Waals surface area contributed by atoms with Crippen LogP contribution in [0.1, 0.15) is 38.6 Å². The second-order valence-electron chi connectivity index (χ2n) is 8.82. The van der Waals surface area contributed by atoms with Gasteiger partial charge in [-0.3, -0.25) is 23.7 Å². The maximum absolute atomic E-state index is 13.5. The molecular formula is C28H24N4O5S. The number of hydrogen-bond donors (Lipinski definition) is 1. The summed E-state index contributed by atoms with van der Waals surface area (Å²) in [6.45, 7) is 7.20. The van der Waals surface area contributed by atoms with Gasteiger partial charge in [0, 0.05) is 17.8 Å². The van der Waals surface area contributed by atoms with E-state index in [1.165, 1.54) is 15.8 Å². The van der Waals surface area contributed by atoms with Gasteiger partial charge in [0.15, 0.2) is 12.4 Å². The molecule has 0 saturated heterocycles. The molecule has 0 bridgehead atoms. The maximum atomic E-state index is 13.5. The quantitative estimate of drug-likeness (QED) is 0.282. The van der Waals surface area contributed by atoms with Crippen LogP contribution < -0.4 is 20.5 Å². The van der Waals surface area contributed by atoms with E-state index in [4.69, 9.17) is 4.74 Å². The molecule has 5 rings (SSSR count). The van der Waals surface area contributed by atoms with Crippen molar-refractivity contribution in [3.8, 4) is 5.75 Å². The number of nitrogens with zero attached hydrogens (tertiary/aromatic N) is 3. The van der Waals surface area contributed by atoms with Crippen LogP contribution in [-0.2, 0) is 4.79 Å². The Labute approximate surface area is 222 Å². The fourth-order valence-electron chi connectivity index (χ4n) is 4.39. The molecule has 2 aromatic carbocycles. The average molecular weight is 529 g/mol. The highest BCUT2D eigenvalue weighted by atomic mass is 32.1. The van der Waals surface area contributed by atoms with E-state index in [9.17, 15) is 19.2 Å². The molecule has 192 valence electrons. The van der Waals surface area contributed by atoms with Gasteiger partial charge in [-0.25, -0.2) is 4.98 Å². The monoisotopic (exact) mass is 528 g/mol. The number of fused-ring (bicyclic) bond motifs is 2. The van der Waals surface area contributed by atoms with Gasteiger partial charge in [-0.1, -0.05) is 24.3 Å². The second-order valence-corrected chi connectivity index (χ2v) is 9.82. The third-order valence-corrected chi connectivity index (χ3v) is 7.61. The summed E-state index contributed by atoms with van der Waals surface area (Å²) in [5.74, 6) is -0.406. The van der Waals surface area contributed by atoms with Crippen LogP contribution >= 0.6 is 11.3 Å². The van der Waals surface area contributed by atoms with Gasteiger partial charge in [0.2, 0.25) is 0 Å². The lowest BCUT2D eigenvalue weighted by molar-refractivity contribution is -0.121. The molecule has 38 heavy (non-hydrogen) atoms. The zero-order valence-electron chi connectivity index (χ0n) is 20.8. The summed E-state index contributed by atoms with van der Waals surface area (Å²) in [6.07, 6.45) is 2.93. The van der Waals surface area contributed by atoms with Gasteiger partial charge in [0.05, 0.1) is 28.3 Å². The predicted molar refractivity (Wildman–Crippen MR) is 147 cm³/mol. The molecular weight excluding hydrogens is 504 g/mol. The average Bonchev–Trinajstić information content (AvgIpc) is 3.27. The molecule has 2 aromatic heterocycles. The van der Waals surface area contributed by atoms with Gasteiger partial charge in [-0.15, -0.1) is 17.9 Å². The molecule has 3 heterocycles. The van der Waals surface area contributed by atoms with Gasteiger partial charge >= 0.3 is 0 Å². The number of ketones is 1. The number of para-hydroxylation sites is 1. The summed E-state index contributed by atoms with van der Waals surface area (Å²) in [6, 6.07) is 13.0. The molecule has 0 saturated carbocycles. The number of Topliss-reactive ketones (excluding diaryl/α,β-unsaturated/α-hetero) is 1. The topological polar surface area (TPSA) is 111 Å². The summed E-state index contributed by atoms with van der Waals surface area (Å²) in [7, 11) is 0. The summed E-state index contributed by atoms with van der Waals surface area (Å²) in [4.78, 5) is 58.9.